The van der Waals surface area contributed by atoms with Crippen molar-refractivity contribution in [2.24, 2.45) is 5.41 Å². The molecule has 5 N–H and O–H groups in total. The van der Waals surface area contributed by atoms with Gasteiger partial charge in [0, 0.05) is 12.1 Å². The van der Waals surface area contributed by atoms with Crippen LogP contribution in [0.15, 0.2) is 18.2 Å². The molecule has 0 radical (unpaired) electrons. The molecule has 1 aromatic carbocycles. The Hall–Kier alpha value is -1.84. The second-order valence-corrected chi connectivity index (χ2v) is 5.26. The Morgan fingerprint density at radius 1 is 1.47 bits per heavy atom. The van der Waals surface area contributed by atoms with Gasteiger partial charge in [-0.25, -0.2) is 0 Å². The van der Waals surface area contributed by atoms with Crippen molar-refractivity contribution in [2.75, 3.05) is 11.1 Å². The van der Waals surface area contributed by atoms with Crippen LogP contribution in [0.25, 0.3) is 0 Å². The molecule has 0 saturated carbocycles. The Kier molecular flexibility index (Phi) is 3.89. The minimum atomic E-state index is -0.0446. The van der Waals surface area contributed by atoms with Crippen LogP contribution in [0.4, 0.5) is 11.4 Å². The van der Waals surface area contributed by atoms with Crippen molar-refractivity contribution >= 4 is 23.5 Å². The molecule has 0 spiro atoms. The van der Waals surface area contributed by atoms with Crippen LogP contribution in [0.3, 0.4) is 0 Å². The number of hydrogen-bond acceptors (Lipinski definition) is 2. The lowest BCUT2D eigenvalue weighted by Gasteiger charge is -2.17. The number of rotatable bonds is 3. The topological polar surface area (TPSA) is 80.7 Å². The summed E-state index contributed by atoms with van der Waals surface area (Å²) >= 11 is 0. The molecule has 0 saturated heterocycles. The van der Waals surface area contributed by atoms with E-state index < -0.39 is 0 Å². The molecule has 1 rings (SSSR count). The molecule has 92 valence electrons. The summed E-state index contributed by atoms with van der Waals surface area (Å²) < 4.78 is 0. The predicted octanol–water partition coefficient (Wildman–Crippen LogP) is 0.821. The van der Waals surface area contributed by atoms with Gasteiger partial charge in [0.15, 0.2) is 6.21 Å². The number of carbonyl (C=O) groups excluding carboxylic acids is 1. The van der Waals surface area contributed by atoms with Crippen molar-refractivity contribution in [2.45, 2.75) is 27.2 Å². The average Bonchev–Trinajstić information content (AvgIpc) is 2.14. The number of nitrogens with two attached hydrogens (primary N) is 2. The second kappa shape index (κ2) is 4.99. The molecule has 0 heterocycles. The second-order valence-electron chi connectivity index (χ2n) is 5.26. The molecule has 0 fully saturated rings. The van der Waals surface area contributed by atoms with Gasteiger partial charge in [0.1, 0.15) is 0 Å². The molecule has 4 nitrogen and oxygen atoms in total. The molecule has 0 unspecified atom stereocenters. The molecule has 0 aliphatic heterocycles. The highest BCUT2D eigenvalue weighted by atomic mass is 16.1. The van der Waals surface area contributed by atoms with E-state index in [1.165, 1.54) is 6.21 Å². The Bertz CT molecular complexity index is 433. The van der Waals surface area contributed by atoms with Crippen LogP contribution in [-0.2, 0) is 4.79 Å². The first-order valence-corrected chi connectivity index (χ1v) is 5.57. The van der Waals surface area contributed by atoms with E-state index >= 15 is 0 Å². The van der Waals surface area contributed by atoms with E-state index in [0.29, 0.717) is 23.4 Å². The standard InChI is InChI=1S/C13H19N3O/c1-13(2,3)7-12(17)16-11-6-4-5-10(15)9(11)8-14/h4-6,8,14H,7,15H2,1-3H3,(H,16,17)/p+1. The fourth-order valence-electron chi connectivity index (χ4n) is 1.55. The van der Waals surface area contributed by atoms with E-state index in [0.717, 1.165) is 0 Å². The monoisotopic (exact) mass is 234 g/mol. The summed E-state index contributed by atoms with van der Waals surface area (Å²) in [5.74, 6) is -0.0359. The van der Waals surface area contributed by atoms with E-state index in [1.54, 1.807) is 18.2 Å². The van der Waals surface area contributed by atoms with E-state index in [1.807, 2.05) is 20.8 Å². The van der Waals surface area contributed by atoms with Crippen LogP contribution < -0.4 is 16.5 Å². The van der Waals surface area contributed by atoms with Crippen molar-refractivity contribution < 1.29 is 10.2 Å². The maximum absolute atomic E-state index is 11.8. The molecule has 17 heavy (non-hydrogen) atoms. The number of nitrogens with one attached hydrogen (secondary N) is 1. The highest BCUT2D eigenvalue weighted by molar-refractivity contribution is 5.99. The fourth-order valence-corrected chi connectivity index (χ4v) is 1.55. The zero-order valence-corrected chi connectivity index (χ0v) is 10.6. The lowest BCUT2D eigenvalue weighted by molar-refractivity contribution is -0.117. The lowest BCUT2D eigenvalue weighted by Crippen LogP contribution is -2.31. The number of hydrogen-bond donors (Lipinski definition) is 3. The molecule has 0 aliphatic rings. The first kappa shape index (κ1) is 13.2. The van der Waals surface area contributed by atoms with Crippen molar-refractivity contribution in [3.8, 4) is 0 Å². The van der Waals surface area contributed by atoms with Gasteiger partial charge >= 0.3 is 0 Å². The Labute approximate surface area is 102 Å². The first-order valence-electron chi connectivity index (χ1n) is 5.57. The molecular weight excluding hydrogens is 214 g/mol. The van der Waals surface area contributed by atoms with Gasteiger partial charge in [0.25, 0.3) is 0 Å². The molecule has 0 aromatic heterocycles. The van der Waals surface area contributed by atoms with E-state index in [2.05, 4.69) is 5.32 Å². The molecule has 0 aliphatic carbocycles. The van der Waals surface area contributed by atoms with Crippen LogP contribution >= 0.6 is 0 Å². The van der Waals surface area contributed by atoms with Gasteiger partial charge in [-0.2, -0.15) is 0 Å². The summed E-state index contributed by atoms with van der Waals surface area (Å²) in [6.07, 6.45) is 1.86. The SMILES string of the molecule is CC(C)(C)CC(=O)Nc1cccc(N)c1C=[NH2+]. The normalized spacial score (nSPS) is 11.0. The van der Waals surface area contributed by atoms with Gasteiger partial charge in [-0.15, -0.1) is 0 Å². The van der Waals surface area contributed by atoms with Gasteiger partial charge in [-0.3, -0.25) is 10.2 Å². The highest BCUT2D eigenvalue weighted by Crippen LogP contribution is 2.22. The summed E-state index contributed by atoms with van der Waals surface area (Å²) in [5.41, 5.74) is 7.60. The minimum absolute atomic E-state index is 0.0359. The Morgan fingerprint density at radius 3 is 2.65 bits per heavy atom. The Morgan fingerprint density at radius 2 is 2.12 bits per heavy atom. The summed E-state index contributed by atoms with van der Waals surface area (Å²) in [4.78, 5) is 11.8. The molecule has 4 heteroatoms. The van der Waals surface area contributed by atoms with Crippen LogP contribution in [0.1, 0.15) is 32.8 Å². The molecule has 1 aromatic rings. The summed E-state index contributed by atoms with van der Waals surface area (Å²) in [5, 5.41) is 8.33. The quantitative estimate of drug-likeness (QED) is 0.534. The zero-order chi connectivity index (χ0) is 13.1. The van der Waals surface area contributed by atoms with Crippen LogP contribution in [-0.4, -0.2) is 12.1 Å². The Balaban J connectivity index is 2.85. The van der Waals surface area contributed by atoms with E-state index in [4.69, 9.17) is 11.1 Å². The third kappa shape index (κ3) is 3.90. The lowest BCUT2D eigenvalue weighted by atomic mass is 9.92. The number of nitrogen functional groups attached to an aromatic ring is 1. The number of carbonyl (C=O) groups is 1. The average molecular weight is 234 g/mol. The maximum Gasteiger partial charge on any atom is 0.224 e. The molecular formula is C13H20N3O+. The van der Waals surface area contributed by atoms with Crippen LogP contribution in [0.5, 0.6) is 0 Å². The number of anilines is 2. The number of amides is 1. The largest absolute Gasteiger partial charge is 0.398 e. The summed E-state index contributed by atoms with van der Waals surface area (Å²) in [6, 6.07) is 5.32. The highest BCUT2D eigenvalue weighted by Gasteiger charge is 2.17. The van der Waals surface area contributed by atoms with Gasteiger partial charge in [-0.1, -0.05) is 26.8 Å². The smallest absolute Gasteiger partial charge is 0.224 e. The van der Waals surface area contributed by atoms with Crippen molar-refractivity contribution in [1.29, 1.82) is 0 Å². The van der Waals surface area contributed by atoms with Crippen LogP contribution in [0.2, 0.25) is 0 Å². The minimum Gasteiger partial charge on any atom is -0.398 e. The zero-order valence-electron chi connectivity index (χ0n) is 10.6. The van der Waals surface area contributed by atoms with Crippen molar-refractivity contribution in [3.63, 3.8) is 0 Å². The van der Waals surface area contributed by atoms with Gasteiger partial charge in [0.05, 0.1) is 11.3 Å². The number of benzene rings is 1. The van der Waals surface area contributed by atoms with Crippen LogP contribution in [0, 0.1) is 5.41 Å². The third-order valence-electron chi connectivity index (χ3n) is 2.27. The summed E-state index contributed by atoms with van der Waals surface area (Å²) in [7, 11) is 0. The first-order chi connectivity index (χ1) is 7.83. The van der Waals surface area contributed by atoms with E-state index in [-0.39, 0.29) is 11.3 Å². The molecule has 0 bridgehead atoms. The maximum atomic E-state index is 11.8. The molecule has 0 atom stereocenters. The third-order valence-corrected chi connectivity index (χ3v) is 2.27. The van der Waals surface area contributed by atoms with Gasteiger partial charge in [-0.05, 0) is 17.5 Å². The van der Waals surface area contributed by atoms with Crippen molar-refractivity contribution in [1.82, 2.24) is 0 Å². The molecule has 1 amide bonds. The fraction of sp³-hybridized carbons (Fsp3) is 0.385. The summed E-state index contributed by atoms with van der Waals surface area (Å²) in [6.45, 7) is 6.05. The van der Waals surface area contributed by atoms with Crippen molar-refractivity contribution in [3.05, 3.63) is 23.8 Å². The van der Waals surface area contributed by atoms with Gasteiger partial charge < -0.3 is 11.1 Å². The van der Waals surface area contributed by atoms with E-state index in [9.17, 15) is 4.79 Å². The predicted molar refractivity (Wildman–Crippen MR) is 70.6 cm³/mol. The van der Waals surface area contributed by atoms with Gasteiger partial charge in [0.2, 0.25) is 5.91 Å².